The van der Waals surface area contributed by atoms with E-state index < -0.39 is 17.5 Å². The number of hydrogen-bond donors (Lipinski definition) is 0. The lowest BCUT2D eigenvalue weighted by molar-refractivity contribution is 0.277. The second-order valence-corrected chi connectivity index (χ2v) is 6.68. The average Bonchev–Trinajstić information content (AvgIpc) is 2.50. The Hall–Kier alpha value is -1.44. The van der Waals surface area contributed by atoms with Gasteiger partial charge >= 0.3 is 0 Å². The van der Waals surface area contributed by atoms with E-state index in [1.807, 2.05) is 58.0 Å². The summed E-state index contributed by atoms with van der Waals surface area (Å²) >= 11 is 0. The van der Waals surface area contributed by atoms with E-state index in [1.54, 1.807) is 6.92 Å². The second-order valence-electron chi connectivity index (χ2n) is 6.68. The van der Waals surface area contributed by atoms with Gasteiger partial charge in [-0.05, 0) is 31.9 Å². The zero-order valence-corrected chi connectivity index (χ0v) is 13.5. The summed E-state index contributed by atoms with van der Waals surface area (Å²) in [7, 11) is 0. The van der Waals surface area contributed by atoms with Gasteiger partial charge in [0.15, 0.2) is 0 Å². The summed E-state index contributed by atoms with van der Waals surface area (Å²) in [6.45, 7) is 9.75. The molecule has 1 aromatic rings. The van der Waals surface area contributed by atoms with Gasteiger partial charge in [-0.3, -0.25) is 0 Å². The highest BCUT2D eigenvalue weighted by atomic mass is 19.1. The van der Waals surface area contributed by atoms with Gasteiger partial charge in [0, 0.05) is 11.8 Å². The summed E-state index contributed by atoms with van der Waals surface area (Å²) in [4.78, 5) is 0. The number of allylic oxidation sites excluding steroid dienone is 4. The summed E-state index contributed by atoms with van der Waals surface area (Å²) in [6, 6.07) is 9.16. The molecule has 0 amide bonds. The zero-order valence-electron chi connectivity index (χ0n) is 13.5. The van der Waals surface area contributed by atoms with Crippen LogP contribution < -0.4 is 0 Å². The topological polar surface area (TPSA) is 0 Å². The van der Waals surface area contributed by atoms with Crippen molar-refractivity contribution in [2.75, 3.05) is 0 Å². The lowest BCUT2D eigenvalue weighted by Gasteiger charge is -2.29. The van der Waals surface area contributed by atoms with Gasteiger partial charge in [0.1, 0.15) is 12.0 Å². The minimum absolute atomic E-state index is 0.291. The minimum atomic E-state index is -1.23. The molecule has 0 spiro atoms. The van der Waals surface area contributed by atoms with Crippen LogP contribution in [-0.2, 0) is 0 Å². The predicted molar refractivity (Wildman–Crippen MR) is 84.7 cm³/mol. The molecule has 1 aliphatic rings. The Bertz CT molecular complexity index is 575. The molecule has 0 N–H and O–H groups in total. The van der Waals surface area contributed by atoms with E-state index >= 15 is 0 Å². The van der Waals surface area contributed by atoms with Crippen molar-refractivity contribution in [2.24, 2.45) is 5.41 Å². The maximum absolute atomic E-state index is 15.0. The normalized spacial score (nSPS) is 25.8. The van der Waals surface area contributed by atoms with E-state index in [9.17, 15) is 8.78 Å². The fraction of sp³-hybridized carbons (Fsp3) is 0.474. The third kappa shape index (κ3) is 2.81. The highest BCUT2D eigenvalue weighted by Crippen LogP contribution is 2.49. The summed E-state index contributed by atoms with van der Waals surface area (Å²) in [5.74, 6) is -1.10. The van der Waals surface area contributed by atoms with Crippen LogP contribution in [-0.4, -0.2) is 6.17 Å². The van der Waals surface area contributed by atoms with Crippen molar-refractivity contribution in [3.8, 4) is 0 Å². The molecular formula is C19H24F2. The predicted octanol–water partition coefficient (Wildman–Crippen LogP) is 6.12. The van der Waals surface area contributed by atoms with Crippen LogP contribution >= 0.6 is 0 Å². The van der Waals surface area contributed by atoms with Gasteiger partial charge in [-0.15, -0.1) is 0 Å². The van der Waals surface area contributed by atoms with Gasteiger partial charge < -0.3 is 0 Å². The lowest BCUT2D eigenvalue weighted by Crippen LogP contribution is -2.18. The first-order valence-corrected chi connectivity index (χ1v) is 7.49. The molecule has 2 heteroatoms. The maximum Gasteiger partial charge on any atom is 0.117 e. The van der Waals surface area contributed by atoms with Crippen LogP contribution in [0.25, 0.3) is 0 Å². The molecule has 0 aromatic heterocycles. The molecule has 2 rings (SSSR count). The van der Waals surface area contributed by atoms with E-state index in [0.717, 1.165) is 11.1 Å². The van der Waals surface area contributed by atoms with E-state index in [0.29, 0.717) is 17.6 Å². The van der Waals surface area contributed by atoms with Crippen LogP contribution in [0.3, 0.4) is 0 Å². The van der Waals surface area contributed by atoms with E-state index in [2.05, 4.69) is 0 Å². The smallest absolute Gasteiger partial charge is 0.117 e. The first-order valence-electron chi connectivity index (χ1n) is 7.49. The van der Waals surface area contributed by atoms with Gasteiger partial charge in [-0.25, -0.2) is 8.78 Å². The summed E-state index contributed by atoms with van der Waals surface area (Å²) in [6.07, 6.45) is -0.936. The molecule has 1 aromatic carbocycles. The molecule has 21 heavy (non-hydrogen) atoms. The fourth-order valence-corrected chi connectivity index (χ4v) is 3.33. The van der Waals surface area contributed by atoms with Crippen molar-refractivity contribution in [3.63, 3.8) is 0 Å². The molecular weight excluding hydrogens is 266 g/mol. The summed E-state index contributed by atoms with van der Waals surface area (Å²) in [5.41, 5.74) is 3.03. The van der Waals surface area contributed by atoms with E-state index in [4.69, 9.17) is 0 Å². The van der Waals surface area contributed by atoms with Crippen molar-refractivity contribution in [1.82, 2.24) is 0 Å². The number of hydrogen-bond acceptors (Lipinski definition) is 0. The first-order chi connectivity index (χ1) is 9.76. The van der Waals surface area contributed by atoms with Crippen LogP contribution in [0.1, 0.15) is 52.5 Å². The molecule has 2 unspecified atom stereocenters. The number of halogens is 2. The van der Waals surface area contributed by atoms with Crippen LogP contribution in [0.5, 0.6) is 0 Å². The van der Waals surface area contributed by atoms with E-state index in [1.165, 1.54) is 0 Å². The van der Waals surface area contributed by atoms with Crippen molar-refractivity contribution in [1.29, 1.82) is 0 Å². The van der Waals surface area contributed by atoms with Gasteiger partial charge in [0.25, 0.3) is 0 Å². The number of rotatable bonds is 1. The lowest BCUT2D eigenvalue weighted by atomic mass is 9.75. The van der Waals surface area contributed by atoms with Crippen LogP contribution in [0.4, 0.5) is 8.78 Å². The second kappa shape index (κ2) is 5.75. The van der Waals surface area contributed by atoms with Gasteiger partial charge in [-0.2, -0.15) is 0 Å². The highest BCUT2D eigenvalue weighted by molar-refractivity contribution is 5.40. The molecule has 114 valence electrons. The summed E-state index contributed by atoms with van der Waals surface area (Å²) in [5, 5.41) is 0. The molecule has 0 bridgehead atoms. The molecule has 2 atom stereocenters. The molecule has 0 heterocycles. The first kappa shape index (κ1) is 15.9. The Kier molecular flexibility index (Phi) is 4.36. The van der Waals surface area contributed by atoms with Crippen molar-refractivity contribution >= 4 is 0 Å². The fourth-order valence-electron chi connectivity index (χ4n) is 3.33. The third-order valence-corrected chi connectivity index (χ3v) is 4.85. The Morgan fingerprint density at radius 1 is 1.14 bits per heavy atom. The molecule has 0 saturated heterocycles. The van der Waals surface area contributed by atoms with Gasteiger partial charge in [0.2, 0.25) is 0 Å². The monoisotopic (exact) mass is 290 g/mol. The number of benzene rings is 1. The minimum Gasteiger partial charge on any atom is -0.246 e. The highest BCUT2D eigenvalue weighted by Gasteiger charge is 2.40. The van der Waals surface area contributed by atoms with Crippen molar-refractivity contribution < 1.29 is 8.78 Å². The van der Waals surface area contributed by atoms with Crippen LogP contribution in [0.15, 0.2) is 52.9 Å². The van der Waals surface area contributed by atoms with Crippen LogP contribution in [0, 0.1) is 5.41 Å². The Morgan fingerprint density at radius 3 is 2.24 bits per heavy atom. The zero-order chi connectivity index (χ0) is 15.8. The van der Waals surface area contributed by atoms with Crippen molar-refractivity contribution in [3.05, 3.63) is 58.4 Å². The third-order valence-electron chi connectivity index (χ3n) is 4.85. The summed E-state index contributed by atoms with van der Waals surface area (Å²) < 4.78 is 29.9. The molecule has 0 saturated carbocycles. The molecule has 0 nitrogen and oxygen atoms in total. The molecule has 0 fully saturated rings. The largest absolute Gasteiger partial charge is 0.246 e. The molecule has 0 radical (unpaired) electrons. The Labute approximate surface area is 126 Å². The molecule has 0 aliphatic heterocycles. The van der Waals surface area contributed by atoms with Gasteiger partial charge in [0.05, 0.1) is 5.92 Å². The van der Waals surface area contributed by atoms with E-state index in [-0.39, 0.29) is 5.83 Å². The standard InChI is InChI=1S/C19H24F2/c1-12(2)15-11-16(20)17(14-9-7-6-8-10-14)18(21)13(3)19(15,4)5/h6-10,16-17H,11H2,1-5H3. The molecule has 1 aliphatic carbocycles. The maximum atomic E-state index is 15.0. The SMILES string of the molecule is CC(C)=C1CC(F)C(c2ccccc2)C(F)=C(C)C1(C)C. The van der Waals surface area contributed by atoms with Gasteiger partial charge in [-0.1, -0.05) is 55.3 Å². The van der Waals surface area contributed by atoms with Crippen molar-refractivity contribution in [2.45, 2.75) is 53.1 Å². The number of alkyl halides is 1. The Balaban J connectivity index is 2.61. The van der Waals surface area contributed by atoms with Crippen LogP contribution in [0.2, 0.25) is 0 Å². The Morgan fingerprint density at radius 2 is 1.71 bits per heavy atom. The quantitative estimate of drug-likeness (QED) is 0.547. The average molecular weight is 290 g/mol.